The second kappa shape index (κ2) is 7.65. The molecule has 1 aromatic carbocycles. The van der Waals surface area contributed by atoms with Crippen LogP contribution in [-0.2, 0) is 9.53 Å². The quantitative estimate of drug-likeness (QED) is 0.791. The maximum absolute atomic E-state index is 11.9. The summed E-state index contributed by atoms with van der Waals surface area (Å²) in [5.41, 5.74) is 2.56. The van der Waals surface area contributed by atoms with E-state index in [4.69, 9.17) is 4.74 Å². The minimum Gasteiger partial charge on any atom is -0.381 e. The number of carbonyl (C=O) groups excluding carboxylic acids is 1. The molecule has 0 bridgehead atoms. The number of ether oxygens (including phenoxy) is 1. The summed E-state index contributed by atoms with van der Waals surface area (Å²) in [5.74, 6) is 0.397. The van der Waals surface area contributed by atoms with Crippen molar-refractivity contribution in [2.45, 2.75) is 27.2 Å². The van der Waals surface area contributed by atoms with Gasteiger partial charge in [0, 0.05) is 12.3 Å². The van der Waals surface area contributed by atoms with Crippen LogP contribution in [0.2, 0.25) is 0 Å². The normalized spacial score (nSPS) is 10.9. The minimum atomic E-state index is -0.0738. The average molecular weight is 303 g/mol. The Kier molecular flexibility index (Phi) is 5.60. The van der Waals surface area contributed by atoms with E-state index in [-0.39, 0.29) is 5.91 Å². The average Bonchev–Trinajstić information content (AvgIpc) is 2.99. The van der Waals surface area contributed by atoms with Crippen LogP contribution in [0.1, 0.15) is 25.8 Å². The van der Waals surface area contributed by atoms with Crippen LogP contribution in [-0.4, -0.2) is 39.3 Å². The van der Waals surface area contributed by atoms with Crippen LogP contribution in [0.15, 0.2) is 24.5 Å². The molecule has 0 aliphatic rings. The predicted octanol–water partition coefficient (Wildman–Crippen LogP) is 1.97. The molecule has 0 saturated carbocycles. The molecule has 0 atom stereocenters. The lowest BCUT2D eigenvalue weighted by Gasteiger charge is -2.10. The number of anilines is 1. The number of nitrogens with one attached hydrogen (secondary N) is 1. The van der Waals surface area contributed by atoms with Gasteiger partial charge in [-0.15, -0.1) is 5.10 Å². The molecular formula is C15H21N5O2. The zero-order valence-electron chi connectivity index (χ0n) is 13.1. The standard InChI is InChI=1S/C15H21N5O2/c1-11(2)9-22-7-6-15(21)17-13-5-4-12(3)14(8-13)20-10-16-18-19-20/h4-5,8,10-11H,6-7,9H2,1-3H3,(H,17,21). The van der Waals surface area contributed by atoms with E-state index in [1.165, 1.54) is 6.33 Å². The van der Waals surface area contributed by atoms with Crippen molar-refractivity contribution in [1.29, 1.82) is 0 Å². The van der Waals surface area contributed by atoms with Crippen molar-refractivity contribution in [3.63, 3.8) is 0 Å². The van der Waals surface area contributed by atoms with Gasteiger partial charge < -0.3 is 10.1 Å². The first kappa shape index (κ1) is 16.1. The van der Waals surface area contributed by atoms with E-state index in [0.29, 0.717) is 31.2 Å². The molecule has 0 radical (unpaired) electrons. The van der Waals surface area contributed by atoms with Crippen LogP contribution in [0.5, 0.6) is 0 Å². The van der Waals surface area contributed by atoms with Crippen molar-refractivity contribution in [2.75, 3.05) is 18.5 Å². The second-order valence-corrected chi connectivity index (χ2v) is 5.52. The summed E-state index contributed by atoms with van der Waals surface area (Å²) in [5, 5.41) is 14.0. The number of tetrazole rings is 1. The third-order valence-corrected chi connectivity index (χ3v) is 3.01. The lowest BCUT2D eigenvalue weighted by Crippen LogP contribution is -2.15. The van der Waals surface area contributed by atoms with Gasteiger partial charge in [0.05, 0.1) is 18.7 Å². The Hall–Kier alpha value is -2.28. The van der Waals surface area contributed by atoms with Gasteiger partial charge in [-0.3, -0.25) is 4.79 Å². The lowest BCUT2D eigenvalue weighted by atomic mass is 10.2. The molecule has 118 valence electrons. The summed E-state index contributed by atoms with van der Waals surface area (Å²) in [6.45, 7) is 7.21. The predicted molar refractivity (Wildman–Crippen MR) is 82.8 cm³/mol. The van der Waals surface area contributed by atoms with E-state index in [9.17, 15) is 4.79 Å². The minimum absolute atomic E-state index is 0.0738. The summed E-state index contributed by atoms with van der Waals surface area (Å²) < 4.78 is 6.98. The second-order valence-electron chi connectivity index (χ2n) is 5.52. The highest BCUT2D eigenvalue weighted by atomic mass is 16.5. The highest BCUT2D eigenvalue weighted by molar-refractivity contribution is 5.91. The number of rotatable bonds is 7. The summed E-state index contributed by atoms with van der Waals surface area (Å²) >= 11 is 0. The van der Waals surface area contributed by atoms with Crippen molar-refractivity contribution < 1.29 is 9.53 Å². The summed E-state index contributed by atoms with van der Waals surface area (Å²) in [6.07, 6.45) is 1.86. The van der Waals surface area contributed by atoms with E-state index in [1.807, 2.05) is 25.1 Å². The first-order valence-corrected chi connectivity index (χ1v) is 7.28. The first-order chi connectivity index (χ1) is 10.6. The Morgan fingerprint density at radius 2 is 2.23 bits per heavy atom. The van der Waals surface area contributed by atoms with E-state index in [1.54, 1.807) is 4.68 Å². The number of aryl methyl sites for hydroxylation is 1. The Morgan fingerprint density at radius 1 is 1.41 bits per heavy atom. The topological polar surface area (TPSA) is 81.9 Å². The zero-order valence-corrected chi connectivity index (χ0v) is 13.1. The number of aromatic nitrogens is 4. The molecule has 0 fully saturated rings. The Balaban J connectivity index is 1.93. The molecule has 0 spiro atoms. The number of carbonyl (C=O) groups is 1. The maximum Gasteiger partial charge on any atom is 0.226 e. The molecule has 1 heterocycles. The van der Waals surface area contributed by atoms with Gasteiger partial charge in [-0.2, -0.15) is 0 Å². The van der Waals surface area contributed by atoms with Crippen molar-refractivity contribution in [2.24, 2.45) is 5.92 Å². The van der Waals surface area contributed by atoms with Crippen molar-refractivity contribution in [3.05, 3.63) is 30.1 Å². The number of benzene rings is 1. The van der Waals surface area contributed by atoms with Gasteiger partial charge in [-0.05, 0) is 41.0 Å². The molecule has 1 amide bonds. The fraction of sp³-hybridized carbons (Fsp3) is 0.467. The van der Waals surface area contributed by atoms with E-state index < -0.39 is 0 Å². The largest absolute Gasteiger partial charge is 0.381 e. The highest BCUT2D eigenvalue weighted by Gasteiger charge is 2.07. The molecule has 7 nitrogen and oxygen atoms in total. The van der Waals surface area contributed by atoms with Crippen LogP contribution >= 0.6 is 0 Å². The SMILES string of the molecule is Cc1ccc(NC(=O)CCOCC(C)C)cc1-n1cnnn1. The van der Waals surface area contributed by atoms with Crippen LogP contribution in [0.25, 0.3) is 5.69 Å². The van der Waals surface area contributed by atoms with Gasteiger partial charge in [0.25, 0.3) is 0 Å². The molecule has 1 N–H and O–H groups in total. The number of hydrogen-bond acceptors (Lipinski definition) is 5. The van der Waals surface area contributed by atoms with Gasteiger partial charge in [-0.1, -0.05) is 19.9 Å². The van der Waals surface area contributed by atoms with Gasteiger partial charge in [0.1, 0.15) is 6.33 Å². The lowest BCUT2D eigenvalue weighted by molar-refractivity contribution is -0.117. The molecule has 2 aromatic rings. The Bertz CT molecular complexity index is 610. The monoisotopic (exact) mass is 303 g/mol. The molecule has 0 aliphatic carbocycles. The van der Waals surface area contributed by atoms with Crippen molar-refractivity contribution in [3.8, 4) is 5.69 Å². The van der Waals surface area contributed by atoms with Crippen LogP contribution in [0.4, 0.5) is 5.69 Å². The van der Waals surface area contributed by atoms with Gasteiger partial charge in [0.2, 0.25) is 5.91 Å². The molecule has 0 aliphatic heterocycles. The molecule has 1 aromatic heterocycles. The van der Waals surface area contributed by atoms with E-state index in [2.05, 4.69) is 34.7 Å². The molecule has 0 unspecified atom stereocenters. The summed E-state index contributed by atoms with van der Waals surface area (Å²) in [7, 11) is 0. The van der Waals surface area contributed by atoms with Crippen LogP contribution in [0.3, 0.4) is 0 Å². The van der Waals surface area contributed by atoms with E-state index in [0.717, 1.165) is 11.3 Å². The smallest absolute Gasteiger partial charge is 0.226 e. The first-order valence-electron chi connectivity index (χ1n) is 7.28. The molecule has 0 saturated heterocycles. The van der Waals surface area contributed by atoms with Crippen LogP contribution in [0, 0.1) is 12.8 Å². The van der Waals surface area contributed by atoms with Crippen molar-refractivity contribution in [1.82, 2.24) is 20.2 Å². The summed E-state index contributed by atoms with van der Waals surface area (Å²) in [4.78, 5) is 11.9. The highest BCUT2D eigenvalue weighted by Crippen LogP contribution is 2.18. The van der Waals surface area contributed by atoms with Crippen LogP contribution < -0.4 is 5.32 Å². The molecule has 7 heteroatoms. The number of amides is 1. The zero-order chi connectivity index (χ0) is 15.9. The molecular weight excluding hydrogens is 282 g/mol. The van der Waals surface area contributed by atoms with Gasteiger partial charge >= 0.3 is 0 Å². The summed E-state index contributed by atoms with van der Waals surface area (Å²) in [6, 6.07) is 5.62. The third-order valence-electron chi connectivity index (χ3n) is 3.01. The number of nitrogens with zero attached hydrogens (tertiary/aromatic N) is 4. The Labute approximate surface area is 129 Å². The molecule has 22 heavy (non-hydrogen) atoms. The maximum atomic E-state index is 11.9. The number of hydrogen-bond donors (Lipinski definition) is 1. The van der Waals surface area contributed by atoms with Crippen molar-refractivity contribution >= 4 is 11.6 Å². The van der Waals surface area contributed by atoms with Gasteiger partial charge in [-0.25, -0.2) is 4.68 Å². The Morgan fingerprint density at radius 3 is 2.91 bits per heavy atom. The third kappa shape index (κ3) is 4.63. The van der Waals surface area contributed by atoms with E-state index >= 15 is 0 Å². The molecule has 2 rings (SSSR count). The fourth-order valence-electron chi connectivity index (χ4n) is 1.91. The van der Waals surface area contributed by atoms with Gasteiger partial charge in [0.15, 0.2) is 0 Å². The fourth-order valence-corrected chi connectivity index (χ4v) is 1.91.